The number of unbranched alkanes of at least 4 members (excludes halogenated alkanes) is 1. The summed E-state index contributed by atoms with van der Waals surface area (Å²) in [6.45, 7) is 2.59. The molecule has 1 aliphatic heterocycles. The molecular weight excluding hydrogens is 280 g/mol. The first-order valence-electron chi connectivity index (χ1n) is 7.19. The molecule has 2 N–H and O–H groups in total. The van der Waals surface area contributed by atoms with E-state index in [1.54, 1.807) is 0 Å². The second-order valence-electron chi connectivity index (χ2n) is 5.19. The Balaban J connectivity index is 2.61. The van der Waals surface area contributed by atoms with Crippen molar-refractivity contribution in [2.24, 2.45) is 0 Å². The molecule has 0 aromatic carbocycles. The quantitative estimate of drug-likeness (QED) is 0.510. The fraction of sp³-hybridized carbons (Fsp3) is 0.857. The predicted molar refractivity (Wildman–Crippen MR) is 72.4 cm³/mol. The van der Waals surface area contributed by atoms with Gasteiger partial charge in [-0.15, -0.1) is 0 Å². The van der Waals surface area contributed by atoms with Gasteiger partial charge in [-0.25, -0.2) is 0 Å². The summed E-state index contributed by atoms with van der Waals surface area (Å²) in [6.07, 6.45) is -0.112. The summed E-state index contributed by atoms with van der Waals surface area (Å²) >= 11 is 0. The Labute approximate surface area is 124 Å². The second kappa shape index (κ2) is 8.96. The average molecular weight is 304 g/mol. The van der Waals surface area contributed by atoms with Crippen LogP contribution in [0, 0.1) is 0 Å². The Morgan fingerprint density at radius 3 is 2.52 bits per heavy atom. The molecule has 0 amide bonds. The fourth-order valence-electron chi connectivity index (χ4n) is 2.36. The number of aliphatic hydroxyl groups is 2. The maximum absolute atomic E-state index is 11.1. The average Bonchev–Trinajstić information content (AvgIpc) is 2.40. The van der Waals surface area contributed by atoms with Crippen molar-refractivity contribution in [1.82, 2.24) is 0 Å². The van der Waals surface area contributed by atoms with Gasteiger partial charge in [0.1, 0.15) is 24.9 Å². The zero-order valence-corrected chi connectivity index (χ0v) is 12.5. The molecule has 0 saturated carbocycles. The molecule has 4 unspecified atom stereocenters. The van der Waals surface area contributed by atoms with Crippen LogP contribution >= 0.6 is 0 Å². The number of ether oxygens (including phenoxy) is 3. The van der Waals surface area contributed by atoms with Gasteiger partial charge in [0, 0.05) is 26.9 Å². The van der Waals surface area contributed by atoms with E-state index < -0.39 is 30.3 Å². The van der Waals surface area contributed by atoms with E-state index in [1.165, 1.54) is 13.8 Å². The molecule has 0 bridgehead atoms. The highest BCUT2D eigenvalue weighted by atomic mass is 16.6. The highest BCUT2D eigenvalue weighted by molar-refractivity contribution is 5.66. The van der Waals surface area contributed by atoms with Crippen molar-refractivity contribution in [3.63, 3.8) is 0 Å². The molecule has 1 heterocycles. The van der Waals surface area contributed by atoms with Crippen molar-refractivity contribution >= 4 is 11.9 Å². The van der Waals surface area contributed by atoms with Gasteiger partial charge in [0.2, 0.25) is 0 Å². The van der Waals surface area contributed by atoms with Gasteiger partial charge >= 0.3 is 11.9 Å². The van der Waals surface area contributed by atoms with E-state index >= 15 is 0 Å². The first-order chi connectivity index (χ1) is 9.93. The van der Waals surface area contributed by atoms with Gasteiger partial charge in [-0.1, -0.05) is 0 Å². The third-order valence-corrected chi connectivity index (χ3v) is 3.33. The minimum atomic E-state index is -1.03. The van der Waals surface area contributed by atoms with E-state index in [1.807, 2.05) is 0 Å². The van der Waals surface area contributed by atoms with Crippen molar-refractivity contribution in [2.75, 3.05) is 13.2 Å². The number of carbonyl (C=O) groups excluding carboxylic acids is 2. The molecule has 0 aromatic rings. The van der Waals surface area contributed by atoms with Crippen LogP contribution in [0.5, 0.6) is 0 Å². The van der Waals surface area contributed by atoms with Crippen LogP contribution in [0.4, 0.5) is 0 Å². The van der Waals surface area contributed by atoms with Gasteiger partial charge < -0.3 is 24.4 Å². The minimum absolute atomic E-state index is 0.0786. The number of hydrogen-bond donors (Lipinski definition) is 2. The van der Waals surface area contributed by atoms with Gasteiger partial charge in [-0.05, 0) is 19.3 Å². The van der Waals surface area contributed by atoms with Gasteiger partial charge in [0.15, 0.2) is 0 Å². The van der Waals surface area contributed by atoms with E-state index in [-0.39, 0.29) is 19.3 Å². The fourth-order valence-corrected chi connectivity index (χ4v) is 2.36. The summed E-state index contributed by atoms with van der Waals surface area (Å²) in [5, 5.41) is 18.9. The molecule has 0 spiro atoms. The topological polar surface area (TPSA) is 102 Å². The van der Waals surface area contributed by atoms with Gasteiger partial charge in [0.05, 0.1) is 6.10 Å². The summed E-state index contributed by atoms with van der Waals surface area (Å²) < 4.78 is 15.7. The molecule has 1 fully saturated rings. The summed E-state index contributed by atoms with van der Waals surface area (Å²) in [6, 6.07) is 0. The van der Waals surface area contributed by atoms with Gasteiger partial charge in [-0.3, -0.25) is 9.59 Å². The van der Waals surface area contributed by atoms with Crippen molar-refractivity contribution < 1.29 is 34.0 Å². The molecule has 4 atom stereocenters. The highest BCUT2D eigenvalue weighted by Crippen LogP contribution is 2.26. The Hall–Kier alpha value is -1.18. The summed E-state index contributed by atoms with van der Waals surface area (Å²) in [7, 11) is 0. The lowest BCUT2D eigenvalue weighted by atomic mass is 9.95. The number of hydrogen-bond acceptors (Lipinski definition) is 7. The normalized spacial score (nSPS) is 29.0. The molecule has 122 valence electrons. The van der Waals surface area contributed by atoms with Crippen molar-refractivity contribution in [3.05, 3.63) is 0 Å². The van der Waals surface area contributed by atoms with Crippen LogP contribution in [-0.4, -0.2) is 59.8 Å². The lowest BCUT2D eigenvalue weighted by Gasteiger charge is -2.38. The summed E-state index contributed by atoms with van der Waals surface area (Å²) in [4.78, 5) is 22.0. The lowest BCUT2D eigenvalue weighted by Crippen LogP contribution is -2.51. The lowest BCUT2D eigenvalue weighted by molar-refractivity contribution is -0.203. The number of aliphatic hydroxyl groups excluding tert-OH is 2. The Kier molecular flexibility index (Phi) is 7.63. The van der Waals surface area contributed by atoms with E-state index in [0.717, 1.165) is 6.42 Å². The molecule has 0 aromatic heterocycles. The SMILES string of the molecule is CC(=O)OCC1OC(CCCCO)CC(OC(C)=O)C1O. The molecule has 7 heteroatoms. The molecule has 0 radical (unpaired) electrons. The van der Waals surface area contributed by atoms with Crippen LogP contribution < -0.4 is 0 Å². The van der Waals surface area contributed by atoms with Crippen molar-refractivity contribution in [2.45, 2.75) is 63.9 Å². The first-order valence-corrected chi connectivity index (χ1v) is 7.19. The van der Waals surface area contributed by atoms with Gasteiger partial charge in [0.25, 0.3) is 0 Å². The number of rotatable bonds is 7. The Morgan fingerprint density at radius 1 is 1.24 bits per heavy atom. The first kappa shape index (κ1) is 17.9. The molecular formula is C14H24O7. The van der Waals surface area contributed by atoms with Crippen LogP contribution in [-0.2, 0) is 23.8 Å². The zero-order valence-electron chi connectivity index (χ0n) is 12.5. The third kappa shape index (κ3) is 6.41. The zero-order chi connectivity index (χ0) is 15.8. The van der Waals surface area contributed by atoms with Crippen LogP contribution in [0.2, 0.25) is 0 Å². The smallest absolute Gasteiger partial charge is 0.302 e. The highest BCUT2D eigenvalue weighted by Gasteiger charge is 2.39. The van der Waals surface area contributed by atoms with Crippen LogP contribution in [0.3, 0.4) is 0 Å². The minimum Gasteiger partial charge on any atom is -0.463 e. The standard InChI is InChI=1S/C14H24O7/c1-9(16)19-8-13-14(18)12(20-10(2)17)7-11(21-13)5-3-4-6-15/h11-15,18H,3-8H2,1-2H3. The molecule has 7 nitrogen and oxygen atoms in total. The third-order valence-electron chi connectivity index (χ3n) is 3.33. The maximum Gasteiger partial charge on any atom is 0.302 e. The van der Waals surface area contributed by atoms with Crippen molar-refractivity contribution in [1.29, 1.82) is 0 Å². The Morgan fingerprint density at radius 2 is 1.95 bits per heavy atom. The second-order valence-corrected chi connectivity index (χ2v) is 5.19. The molecule has 0 aliphatic carbocycles. The van der Waals surface area contributed by atoms with Crippen LogP contribution in [0.15, 0.2) is 0 Å². The van der Waals surface area contributed by atoms with Crippen LogP contribution in [0.1, 0.15) is 39.5 Å². The largest absolute Gasteiger partial charge is 0.463 e. The van der Waals surface area contributed by atoms with E-state index in [0.29, 0.717) is 19.3 Å². The van der Waals surface area contributed by atoms with E-state index in [9.17, 15) is 14.7 Å². The summed E-state index contributed by atoms with van der Waals surface area (Å²) in [5.74, 6) is -0.932. The maximum atomic E-state index is 11.1. The summed E-state index contributed by atoms with van der Waals surface area (Å²) in [5.41, 5.74) is 0. The number of esters is 2. The number of carbonyl (C=O) groups is 2. The Bertz CT molecular complexity index is 344. The predicted octanol–water partition coefficient (Wildman–Crippen LogP) is 0.162. The van der Waals surface area contributed by atoms with E-state index in [2.05, 4.69) is 0 Å². The molecule has 1 rings (SSSR count). The molecule has 1 aliphatic rings. The van der Waals surface area contributed by atoms with Gasteiger partial charge in [-0.2, -0.15) is 0 Å². The monoisotopic (exact) mass is 304 g/mol. The molecule has 21 heavy (non-hydrogen) atoms. The van der Waals surface area contributed by atoms with Crippen LogP contribution in [0.25, 0.3) is 0 Å². The van der Waals surface area contributed by atoms with E-state index in [4.69, 9.17) is 19.3 Å². The molecule has 1 saturated heterocycles. The van der Waals surface area contributed by atoms with Crippen molar-refractivity contribution in [3.8, 4) is 0 Å².